The second kappa shape index (κ2) is 8.88. The van der Waals surface area contributed by atoms with Crippen LogP contribution in [0.4, 0.5) is 5.69 Å². The fraction of sp³-hybridized carbons (Fsp3) is 0.600. The smallest absolute Gasteiger partial charge is 0.242 e. The molecule has 0 bridgehead atoms. The van der Waals surface area contributed by atoms with E-state index in [9.17, 15) is 9.59 Å². The van der Waals surface area contributed by atoms with Crippen molar-refractivity contribution < 1.29 is 14.3 Å². The van der Waals surface area contributed by atoms with Crippen molar-refractivity contribution in [2.75, 3.05) is 31.1 Å². The van der Waals surface area contributed by atoms with Gasteiger partial charge in [0, 0.05) is 18.7 Å². The monoisotopic (exact) mass is 346 g/mol. The predicted molar refractivity (Wildman–Crippen MR) is 101 cm³/mol. The average molecular weight is 346 g/mol. The lowest BCUT2D eigenvalue weighted by molar-refractivity contribution is -0.129. The predicted octanol–water partition coefficient (Wildman–Crippen LogP) is 3.52. The van der Waals surface area contributed by atoms with Crippen LogP contribution in [0.25, 0.3) is 0 Å². The number of carbonyl (C=O) groups excluding carboxylic acids is 2. The number of benzene rings is 1. The zero-order chi connectivity index (χ0) is 18.4. The first-order valence-electron chi connectivity index (χ1n) is 9.34. The van der Waals surface area contributed by atoms with E-state index in [4.69, 9.17) is 4.74 Å². The Morgan fingerprint density at radius 1 is 1.20 bits per heavy atom. The van der Waals surface area contributed by atoms with E-state index in [0.29, 0.717) is 18.7 Å². The highest BCUT2D eigenvalue weighted by atomic mass is 16.5. The van der Waals surface area contributed by atoms with Crippen molar-refractivity contribution in [1.82, 2.24) is 4.90 Å². The number of Topliss-reactive ketones (excluding diaryl/α,β-unsaturated/α-hetero) is 1. The first kappa shape index (κ1) is 19.3. The van der Waals surface area contributed by atoms with Crippen LogP contribution in [0.5, 0.6) is 5.75 Å². The average Bonchev–Trinajstić information content (AvgIpc) is 2.60. The lowest BCUT2D eigenvalue weighted by Crippen LogP contribution is -2.46. The van der Waals surface area contributed by atoms with Gasteiger partial charge >= 0.3 is 0 Å². The molecule has 138 valence electrons. The number of ketones is 1. The van der Waals surface area contributed by atoms with E-state index < -0.39 is 0 Å². The van der Waals surface area contributed by atoms with Crippen LogP contribution < -0.4 is 9.64 Å². The Balaban J connectivity index is 2.25. The molecule has 1 atom stereocenters. The van der Waals surface area contributed by atoms with Crippen LogP contribution >= 0.6 is 0 Å². The van der Waals surface area contributed by atoms with E-state index >= 15 is 0 Å². The van der Waals surface area contributed by atoms with Gasteiger partial charge in [0.1, 0.15) is 11.9 Å². The standard InChI is InChI=1S/C20H30N2O3/c1-5-10-21(11-6-2)20(24)14-22-13-17(7-3)25-19-9-8-16(15(4)23)12-18(19)22/h8-9,12,17H,5-7,10-11,13-14H2,1-4H3. The Morgan fingerprint density at radius 2 is 1.88 bits per heavy atom. The van der Waals surface area contributed by atoms with Crippen LogP contribution in [-0.4, -0.2) is 48.9 Å². The molecule has 1 aliphatic heterocycles. The van der Waals surface area contributed by atoms with Gasteiger partial charge < -0.3 is 14.5 Å². The molecule has 0 spiro atoms. The van der Waals surface area contributed by atoms with Crippen LogP contribution in [0.3, 0.4) is 0 Å². The molecule has 2 rings (SSSR count). The number of ether oxygens (including phenoxy) is 1. The van der Waals surface area contributed by atoms with Crippen molar-refractivity contribution in [3.8, 4) is 5.75 Å². The molecule has 5 nitrogen and oxygen atoms in total. The Labute approximate surface area is 150 Å². The minimum atomic E-state index is 0.0188. The lowest BCUT2D eigenvalue weighted by atomic mass is 10.1. The van der Waals surface area contributed by atoms with Gasteiger partial charge in [0.2, 0.25) is 5.91 Å². The topological polar surface area (TPSA) is 49.9 Å². The fourth-order valence-corrected chi connectivity index (χ4v) is 3.17. The second-order valence-corrected chi connectivity index (χ2v) is 6.65. The van der Waals surface area contributed by atoms with Crippen LogP contribution in [-0.2, 0) is 4.79 Å². The van der Waals surface area contributed by atoms with E-state index in [1.54, 1.807) is 13.0 Å². The van der Waals surface area contributed by atoms with Gasteiger partial charge in [-0.15, -0.1) is 0 Å². The molecule has 0 saturated heterocycles. The van der Waals surface area contributed by atoms with Gasteiger partial charge in [0.15, 0.2) is 5.78 Å². The van der Waals surface area contributed by atoms with Crippen molar-refractivity contribution in [1.29, 1.82) is 0 Å². The summed E-state index contributed by atoms with van der Waals surface area (Å²) >= 11 is 0. The molecular weight excluding hydrogens is 316 g/mol. The van der Waals surface area contributed by atoms with E-state index in [0.717, 1.165) is 43.8 Å². The molecule has 1 amide bonds. The quantitative estimate of drug-likeness (QED) is 0.676. The van der Waals surface area contributed by atoms with Gasteiger partial charge in [0.05, 0.1) is 18.8 Å². The van der Waals surface area contributed by atoms with Crippen LogP contribution in [0.15, 0.2) is 18.2 Å². The van der Waals surface area contributed by atoms with E-state index in [2.05, 4.69) is 25.7 Å². The summed E-state index contributed by atoms with van der Waals surface area (Å²) in [4.78, 5) is 28.5. The molecule has 1 unspecified atom stereocenters. The number of amides is 1. The Hall–Kier alpha value is -2.04. The maximum Gasteiger partial charge on any atom is 0.242 e. The molecule has 0 saturated carbocycles. The van der Waals surface area contributed by atoms with Gasteiger partial charge in [0.25, 0.3) is 0 Å². The Morgan fingerprint density at radius 3 is 2.44 bits per heavy atom. The molecule has 0 N–H and O–H groups in total. The number of anilines is 1. The highest BCUT2D eigenvalue weighted by molar-refractivity contribution is 5.96. The second-order valence-electron chi connectivity index (χ2n) is 6.65. The Kier molecular flexibility index (Phi) is 6.85. The minimum absolute atomic E-state index is 0.0188. The Bertz CT molecular complexity index is 609. The van der Waals surface area contributed by atoms with Crippen LogP contribution in [0.1, 0.15) is 57.3 Å². The summed E-state index contributed by atoms with van der Waals surface area (Å²) < 4.78 is 6.01. The summed E-state index contributed by atoms with van der Waals surface area (Å²) in [6.07, 6.45) is 2.86. The zero-order valence-corrected chi connectivity index (χ0v) is 15.9. The summed E-state index contributed by atoms with van der Waals surface area (Å²) in [5.41, 5.74) is 1.49. The maximum atomic E-state index is 12.8. The van der Waals surface area contributed by atoms with Gasteiger partial charge in [-0.1, -0.05) is 20.8 Å². The third-order valence-electron chi connectivity index (χ3n) is 4.55. The molecule has 0 fully saturated rings. The summed E-state index contributed by atoms with van der Waals surface area (Å²) in [6.45, 7) is 10.4. The molecule has 25 heavy (non-hydrogen) atoms. The molecule has 0 aromatic heterocycles. The van der Waals surface area contributed by atoms with Gasteiger partial charge in [-0.3, -0.25) is 9.59 Å². The number of carbonyl (C=O) groups is 2. The van der Waals surface area contributed by atoms with Crippen LogP contribution in [0, 0.1) is 0 Å². The highest BCUT2D eigenvalue weighted by Crippen LogP contribution is 2.35. The van der Waals surface area contributed by atoms with E-state index in [-0.39, 0.29) is 17.8 Å². The van der Waals surface area contributed by atoms with Crippen LogP contribution in [0.2, 0.25) is 0 Å². The van der Waals surface area contributed by atoms with Crippen molar-refractivity contribution in [3.63, 3.8) is 0 Å². The summed E-state index contributed by atoms with van der Waals surface area (Å²) in [7, 11) is 0. The third-order valence-corrected chi connectivity index (χ3v) is 4.55. The number of rotatable bonds is 8. The van der Waals surface area contributed by atoms with Gasteiger partial charge in [-0.25, -0.2) is 0 Å². The first-order valence-corrected chi connectivity index (χ1v) is 9.34. The van der Waals surface area contributed by atoms with E-state index in [1.165, 1.54) is 0 Å². The van der Waals surface area contributed by atoms with Gasteiger partial charge in [-0.2, -0.15) is 0 Å². The molecule has 1 heterocycles. The summed E-state index contributed by atoms with van der Waals surface area (Å²) in [5, 5.41) is 0. The van der Waals surface area contributed by atoms with E-state index in [1.807, 2.05) is 17.0 Å². The molecular formula is C20H30N2O3. The summed E-state index contributed by atoms with van der Waals surface area (Å²) in [5.74, 6) is 0.915. The molecule has 1 aliphatic rings. The molecule has 5 heteroatoms. The lowest BCUT2D eigenvalue weighted by Gasteiger charge is -2.37. The maximum absolute atomic E-state index is 12.8. The fourth-order valence-electron chi connectivity index (χ4n) is 3.17. The summed E-state index contributed by atoms with van der Waals surface area (Å²) in [6, 6.07) is 5.49. The van der Waals surface area contributed by atoms with Crippen molar-refractivity contribution in [2.24, 2.45) is 0 Å². The number of fused-ring (bicyclic) bond motifs is 1. The SMILES string of the molecule is CCCN(CCC)C(=O)CN1CC(CC)Oc2ccc(C(C)=O)cc21. The minimum Gasteiger partial charge on any atom is -0.486 e. The number of nitrogens with zero attached hydrogens (tertiary/aromatic N) is 2. The number of hydrogen-bond acceptors (Lipinski definition) is 4. The first-order chi connectivity index (χ1) is 12.0. The third kappa shape index (κ3) is 4.74. The van der Waals surface area contributed by atoms with Gasteiger partial charge in [-0.05, 0) is 44.4 Å². The molecule has 1 aromatic carbocycles. The van der Waals surface area contributed by atoms with Crippen molar-refractivity contribution in [3.05, 3.63) is 23.8 Å². The van der Waals surface area contributed by atoms with Crippen molar-refractivity contribution in [2.45, 2.75) is 53.1 Å². The number of hydrogen-bond donors (Lipinski definition) is 0. The zero-order valence-electron chi connectivity index (χ0n) is 15.9. The highest BCUT2D eigenvalue weighted by Gasteiger charge is 2.28. The molecule has 1 aromatic rings. The molecule has 0 aliphatic carbocycles. The largest absolute Gasteiger partial charge is 0.486 e. The molecule has 0 radical (unpaired) electrons. The normalized spacial score (nSPS) is 16.2. The van der Waals surface area contributed by atoms with Crippen molar-refractivity contribution >= 4 is 17.4 Å².